The monoisotopic (exact) mass is 377 g/mol. The molecule has 0 saturated carbocycles. The lowest BCUT2D eigenvalue weighted by atomic mass is 10.2. The number of carbonyl (C=O) groups excluding carboxylic acids is 1. The van der Waals surface area contributed by atoms with Crippen LogP contribution in [0.4, 0.5) is 27.6 Å². The molecular formula is C15H8F5NO3S. The predicted octanol–water partition coefficient (Wildman–Crippen LogP) is 2.85. The van der Waals surface area contributed by atoms with E-state index in [2.05, 4.69) is 5.32 Å². The average molecular weight is 377 g/mol. The van der Waals surface area contributed by atoms with Gasteiger partial charge in [-0.2, -0.15) is 0 Å². The number of amides is 1. The number of hydrogen-bond acceptors (Lipinski definition) is 3. The standard InChI is InChI=1S/C15H8F5NO3S/c16-11-8(12(17)14(19)15(20)13(11)18)5-25(23,24)7-1-2-9-6(3-7)4-10(22)21-9/h1-3H,4-5H2,(H,21,22). The van der Waals surface area contributed by atoms with E-state index in [4.69, 9.17) is 0 Å². The van der Waals surface area contributed by atoms with Gasteiger partial charge in [0.2, 0.25) is 11.7 Å². The summed E-state index contributed by atoms with van der Waals surface area (Å²) >= 11 is 0. The zero-order chi connectivity index (χ0) is 18.5. The lowest BCUT2D eigenvalue weighted by Crippen LogP contribution is -2.13. The van der Waals surface area contributed by atoms with Crippen molar-refractivity contribution in [3.8, 4) is 0 Å². The van der Waals surface area contributed by atoms with E-state index >= 15 is 0 Å². The summed E-state index contributed by atoms with van der Waals surface area (Å²) in [5.74, 6) is -13.0. The van der Waals surface area contributed by atoms with Gasteiger partial charge < -0.3 is 5.32 Å². The molecule has 0 unspecified atom stereocenters. The minimum absolute atomic E-state index is 0.0821. The molecular weight excluding hydrogens is 369 g/mol. The van der Waals surface area contributed by atoms with E-state index in [0.717, 1.165) is 12.1 Å². The summed E-state index contributed by atoms with van der Waals surface area (Å²) in [6.45, 7) is 0. The van der Waals surface area contributed by atoms with E-state index in [1.807, 2.05) is 0 Å². The van der Waals surface area contributed by atoms with Crippen molar-refractivity contribution in [1.29, 1.82) is 0 Å². The molecule has 0 aliphatic carbocycles. The normalized spacial score (nSPS) is 13.7. The highest BCUT2D eigenvalue weighted by Gasteiger charge is 2.30. The number of carbonyl (C=O) groups is 1. The Morgan fingerprint density at radius 1 is 0.920 bits per heavy atom. The Labute approximate surface area is 138 Å². The van der Waals surface area contributed by atoms with Gasteiger partial charge in [-0.25, -0.2) is 30.4 Å². The largest absolute Gasteiger partial charge is 0.326 e. The Hall–Kier alpha value is -2.49. The van der Waals surface area contributed by atoms with Crippen molar-refractivity contribution >= 4 is 21.4 Å². The number of hydrogen-bond donors (Lipinski definition) is 1. The van der Waals surface area contributed by atoms with E-state index in [1.165, 1.54) is 6.07 Å². The number of sulfone groups is 1. The van der Waals surface area contributed by atoms with Crippen molar-refractivity contribution in [3.63, 3.8) is 0 Å². The van der Waals surface area contributed by atoms with Crippen LogP contribution in [0.5, 0.6) is 0 Å². The minimum Gasteiger partial charge on any atom is -0.326 e. The van der Waals surface area contributed by atoms with Crippen molar-refractivity contribution in [3.05, 3.63) is 58.4 Å². The van der Waals surface area contributed by atoms with Crippen LogP contribution in [0.3, 0.4) is 0 Å². The molecule has 2 aromatic carbocycles. The number of nitrogens with one attached hydrogen (secondary N) is 1. The van der Waals surface area contributed by atoms with Gasteiger partial charge in [-0.15, -0.1) is 0 Å². The van der Waals surface area contributed by atoms with Crippen LogP contribution < -0.4 is 5.32 Å². The summed E-state index contributed by atoms with van der Waals surface area (Å²) in [5, 5.41) is 2.47. The SMILES string of the molecule is O=C1Cc2cc(S(=O)(=O)Cc3c(F)c(F)c(F)c(F)c3F)ccc2N1. The molecule has 0 saturated heterocycles. The Balaban J connectivity index is 2.04. The van der Waals surface area contributed by atoms with Gasteiger partial charge in [-0.05, 0) is 23.8 Å². The first kappa shape index (κ1) is 17.3. The number of benzene rings is 2. The molecule has 132 valence electrons. The molecule has 0 spiro atoms. The molecule has 3 rings (SSSR count). The molecule has 10 heteroatoms. The lowest BCUT2D eigenvalue weighted by molar-refractivity contribution is -0.115. The Bertz CT molecular complexity index is 991. The smallest absolute Gasteiger partial charge is 0.228 e. The van der Waals surface area contributed by atoms with Crippen LogP contribution in [0.15, 0.2) is 23.1 Å². The third-order valence-corrected chi connectivity index (χ3v) is 5.34. The Morgan fingerprint density at radius 2 is 1.48 bits per heavy atom. The highest BCUT2D eigenvalue weighted by molar-refractivity contribution is 7.90. The fourth-order valence-corrected chi connectivity index (χ4v) is 3.85. The maximum absolute atomic E-state index is 13.7. The molecule has 1 aliphatic heterocycles. The zero-order valence-electron chi connectivity index (χ0n) is 12.2. The molecule has 1 N–H and O–H groups in total. The molecule has 4 nitrogen and oxygen atoms in total. The molecule has 0 atom stereocenters. The molecule has 0 radical (unpaired) electrons. The molecule has 2 aromatic rings. The fraction of sp³-hybridized carbons (Fsp3) is 0.133. The maximum Gasteiger partial charge on any atom is 0.228 e. The van der Waals surface area contributed by atoms with Gasteiger partial charge >= 0.3 is 0 Å². The molecule has 1 aliphatic rings. The van der Waals surface area contributed by atoms with Crippen molar-refractivity contribution in [1.82, 2.24) is 0 Å². The van der Waals surface area contributed by atoms with Gasteiger partial charge in [0.25, 0.3) is 0 Å². The van der Waals surface area contributed by atoms with Crippen molar-refractivity contribution < 1.29 is 35.2 Å². The van der Waals surface area contributed by atoms with Crippen LogP contribution >= 0.6 is 0 Å². The van der Waals surface area contributed by atoms with Gasteiger partial charge in [-0.1, -0.05) is 0 Å². The quantitative estimate of drug-likeness (QED) is 0.508. The third-order valence-electron chi connectivity index (χ3n) is 3.70. The van der Waals surface area contributed by atoms with Crippen molar-refractivity contribution in [2.45, 2.75) is 17.1 Å². The van der Waals surface area contributed by atoms with Crippen molar-refractivity contribution in [2.75, 3.05) is 5.32 Å². The van der Waals surface area contributed by atoms with Crippen LogP contribution in [-0.2, 0) is 26.8 Å². The first-order chi connectivity index (χ1) is 11.6. The van der Waals surface area contributed by atoms with Crippen LogP contribution in [0.2, 0.25) is 0 Å². The van der Waals surface area contributed by atoms with Gasteiger partial charge in [-0.3, -0.25) is 4.79 Å². The summed E-state index contributed by atoms with van der Waals surface area (Å²) in [7, 11) is -4.42. The minimum atomic E-state index is -4.42. The second-order valence-electron chi connectivity index (χ2n) is 5.35. The molecule has 1 heterocycles. The lowest BCUT2D eigenvalue weighted by Gasteiger charge is -2.10. The molecule has 0 bridgehead atoms. The van der Waals surface area contributed by atoms with E-state index in [0.29, 0.717) is 11.3 Å². The first-order valence-electron chi connectivity index (χ1n) is 6.77. The molecule has 25 heavy (non-hydrogen) atoms. The molecule has 0 fully saturated rings. The second kappa shape index (κ2) is 5.80. The second-order valence-corrected chi connectivity index (χ2v) is 7.34. The number of rotatable bonds is 3. The average Bonchev–Trinajstić information content (AvgIpc) is 2.94. The van der Waals surface area contributed by atoms with Crippen LogP contribution in [0.1, 0.15) is 11.1 Å². The summed E-state index contributed by atoms with van der Waals surface area (Å²) in [6.07, 6.45) is -0.0821. The van der Waals surface area contributed by atoms with Crippen LogP contribution in [0.25, 0.3) is 0 Å². The summed E-state index contributed by atoms with van der Waals surface area (Å²) in [5.41, 5.74) is -0.699. The highest BCUT2D eigenvalue weighted by atomic mass is 32.2. The summed E-state index contributed by atoms with van der Waals surface area (Å²) in [6, 6.07) is 3.48. The van der Waals surface area contributed by atoms with Gasteiger partial charge in [0, 0.05) is 11.3 Å². The van der Waals surface area contributed by atoms with E-state index in [1.54, 1.807) is 0 Å². The predicted molar refractivity (Wildman–Crippen MR) is 75.9 cm³/mol. The molecule has 1 amide bonds. The van der Waals surface area contributed by atoms with Crippen LogP contribution in [-0.4, -0.2) is 14.3 Å². The first-order valence-corrected chi connectivity index (χ1v) is 8.43. The summed E-state index contributed by atoms with van der Waals surface area (Å²) in [4.78, 5) is 10.9. The Kier molecular flexibility index (Phi) is 4.02. The van der Waals surface area contributed by atoms with E-state index < -0.39 is 55.1 Å². The van der Waals surface area contributed by atoms with Gasteiger partial charge in [0.1, 0.15) is 0 Å². The summed E-state index contributed by atoms with van der Waals surface area (Å²) < 4.78 is 91.4. The Morgan fingerprint density at radius 3 is 2.08 bits per heavy atom. The number of anilines is 1. The van der Waals surface area contributed by atoms with Gasteiger partial charge in [0.15, 0.2) is 33.1 Å². The zero-order valence-corrected chi connectivity index (χ0v) is 13.0. The van der Waals surface area contributed by atoms with E-state index in [9.17, 15) is 35.2 Å². The van der Waals surface area contributed by atoms with Crippen molar-refractivity contribution in [2.24, 2.45) is 0 Å². The van der Waals surface area contributed by atoms with Crippen LogP contribution in [0, 0.1) is 29.1 Å². The van der Waals surface area contributed by atoms with Gasteiger partial charge in [0.05, 0.1) is 17.1 Å². The topological polar surface area (TPSA) is 63.2 Å². The highest BCUT2D eigenvalue weighted by Crippen LogP contribution is 2.30. The molecule has 0 aromatic heterocycles. The van der Waals surface area contributed by atoms with E-state index in [-0.39, 0.29) is 12.3 Å². The third kappa shape index (κ3) is 2.86. The number of fused-ring (bicyclic) bond motifs is 1. The maximum atomic E-state index is 13.7. The number of halogens is 5. The fourth-order valence-electron chi connectivity index (χ4n) is 2.45.